The highest BCUT2D eigenvalue weighted by Gasteiger charge is 2.25. The molecule has 1 N–H and O–H groups in total. The normalized spacial score (nSPS) is 12.8. The summed E-state index contributed by atoms with van der Waals surface area (Å²) < 4.78 is 28.4. The van der Waals surface area contributed by atoms with Gasteiger partial charge in [0.2, 0.25) is 0 Å². The molecule has 0 radical (unpaired) electrons. The first-order valence-electron chi connectivity index (χ1n) is 11.0. The van der Waals surface area contributed by atoms with Gasteiger partial charge in [-0.2, -0.15) is 5.26 Å². The van der Waals surface area contributed by atoms with Crippen LogP contribution in [0.2, 0.25) is 0 Å². The lowest BCUT2D eigenvalue weighted by atomic mass is 9.91. The zero-order valence-electron chi connectivity index (χ0n) is 19.4. The largest absolute Gasteiger partial charge is 0.341 e. The van der Waals surface area contributed by atoms with Crippen molar-refractivity contribution in [2.45, 2.75) is 38.5 Å². The van der Waals surface area contributed by atoms with E-state index >= 15 is 0 Å². The minimum absolute atomic E-state index is 0.112. The highest BCUT2D eigenvalue weighted by atomic mass is 32.2. The van der Waals surface area contributed by atoms with Crippen molar-refractivity contribution >= 4 is 32.0 Å². The number of hydrogen-bond donors (Lipinski definition) is 1. The van der Waals surface area contributed by atoms with E-state index in [4.69, 9.17) is 4.98 Å². The van der Waals surface area contributed by atoms with Crippen LogP contribution in [0.4, 0.5) is 0 Å². The van der Waals surface area contributed by atoms with E-state index in [1.54, 1.807) is 30.5 Å². The molecule has 7 heteroatoms. The SMILES string of the molecule is Cc1ccc(S(=O)(=O)n2ccc3c(C(C)c4nc5ccc(C#N)cc5[nH]4)c(C)cc(C)c32)cc1. The number of nitriles is 1. The van der Waals surface area contributed by atoms with E-state index in [-0.39, 0.29) is 10.8 Å². The second-order valence-corrected chi connectivity index (χ2v) is 10.6. The average Bonchev–Trinajstić information content (AvgIpc) is 3.44. The molecule has 0 fully saturated rings. The maximum Gasteiger partial charge on any atom is 0.268 e. The summed E-state index contributed by atoms with van der Waals surface area (Å²) in [4.78, 5) is 8.37. The molecule has 1 unspecified atom stereocenters. The van der Waals surface area contributed by atoms with Gasteiger partial charge in [-0.05, 0) is 73.9 Å². The van der Waals surface area contributed by atoms with Gasteiger partial charge in [0.15, 0.2) is 0 Å². The third-order valence-corrected chi connectivity index (χ3v) is 8.11. The maximum atomic E-state index is 13.5. The predicted molar refractivity (Wildman–Crippen MR) is 134 cm³/mol. The van der Waals surface area contributed by atoms with Gasteiger partial charge in [-0.15, -0.1) is 0 Å². The van der Waals surface area contributed by atoms with Crippen molar-refractivity contribution in [2.75, 3.05) is 0 Å². The van der Waals surface area contributed by atoms with Crippen molar-refractivity contribution < 1.29 is 8.42 Å². The number of fused-ring (bicyclic) bond motifs is 2. The van der Waals surface area contributed by atoms with Crippen LogP contribution in [-0.2, 0) is 10.0 Å². The van der Waals surface area contributed by atoms with E-state index in [0.29, 0.717) is 11.1 Å². The van der Waals surface area contributed by atoms with Gasteiger partial charge in [0.05, 0.1) is 33.1 Å². The summed E-state index contributed by atoms with van der Waals surface area (Å²) in [5.41, 5.74) is 6.85. The molecule has 0 bridgehead atoms. The van der Waals surface area contributed by atoms with Crippen LogP contribution in [0, 0.1) is 32.1 Å². The summed E-state index contributed by atoms with van der Waals surface area (Å²) >= 11 is 0. The number of nitrogens with zero attached hydrogens (tertiary/aromatic N) is 3. The molecule has 2 heterocycles. The quantitative estimate of drug-likeness (QED) is 0.366. The van der Waals surface area contributed by atoms with E-state index in [0.717, 1.165) is 44.5 Å². The van der Waals surface area contributed by atoms with Crippen molar-refractivity contribution in [3.8, 4) is 6.07 Å². The highest BCUT2D eigenvalue weighted by molar-refractivity contribution is 7.90. The van der Waals surface area contributed by atoms with E-state index in [2.05, 4.69) is 18.0 Å². The molecular weight excluding hydrogens is 444 g/mol. The number of rotatable bonds is 4. The molecule has 1 atom stereocenters. The number of aromatic amines is 1. The molecule has 0 aliphatic heterocycles. The molecule has 5 aromatic rings. The Morgan fingerprint density at radius 1 is 1.00 bits per heavy atom. The topological polar surface area (TPSA) is 91.5 Å². The average molecular weight is 469 g/mol. The van der Waals surface area contributed by atoms with Gasteiger partial charge in [-0.1, -0.05) is 30.7 Å². The van der Waals surface area contributed by atoms with Crippen molar-refractivity contribution in [3.05, 3.63) is 94.4 Å². The summed E-state index contributed by atoms with van der Waals surface area (Å²) in [7, 11) is -3.75. The highest BCUT2D eigenvalue weighted by Crippen LogP contribution is 2.36. The fraction of sp³-hybridized carbons (Fsp3) is 0.185. The molecule has 0 aliphatic rings. The predicted octanol–water partition coefficient (Wildman–Crippen LogP) is 5.70. The second kappa shape index (κ2) is 7.86. The Kier molecular flexibility index (Phi) is 5.07. The van der Waals surface area contributed by atoms with E-state index in [1.165, 1.54) is 3.97 Å². The molecule has 34 heavy (non-hydrogen) atoms. The Morgan fingerprint density at radius 3 is 2.44 bits per heavy atom. The summed E-state index contributed by atoms with van der Waals surface area (Å²) in [5.74, 6) is 0.659. The first kappa shape index (κ1) is 21.9. The molecule has 3 aromatic carbocycles. The van der Waals surface area contributed by atoms with E-state index < -0.39 is 10.0 Å². The Labute approximate surface area is 198 Å². The van der Waals surface area contributed by atoms with Crippen molar-refractivity contribution in [1.82, 2.24) is 13.9 Å². The third kappa shape index (κ3) is 3.39. The number of aryl methyl sites for hydroxylation is 3. The number of hydrogen-bond acceptors (Lipinski definition) is 4. The minimum atomic E-state index is -3.75. The Hall–Kier alpha value is -3.89. The van der Waals surface area contributed by atoms with Gasteiger partial charge in [0.1, 0.15) is 5.82 Å². The Morgan fingerprint density at radius 2 is 1.74 bits per heavy atom. The molecule has 6 nitrogen and oxygen atoms in total. The monoisotopic (exact) mass is 468 g/mol. The molecule has 0 saturated heterocycles. The van der Waals surface area contributed by atoms with Crippen LogP contribution in [0.25, 0.3) is 21.9 Å². The number of H-pyrrole nitrogens is 1. The van der Waals surface area contributed by atoms with Gasteiger partial charge in [0.25, 0.3) is 10.0 Å². The summed E-state index contributed by atoms with van der Waals surface area (Å²) in [6, 6.07) is 18.4. The van der Waals surface area contributed by atoms with Crippen LogP contribution in [-0.4, -0.2) is 22.4 Å². The zero-order chi connectivity index (χ0) is 24.2. The minimum Gasteiger partial charge on any atom is -0.341 e. The first-order valence-corrected chi connectivity index (χ1v) is 12.5. The van der Waals surface area contributed by atoms with Crippen LogP contribution >= 0.6 is 0 Å². The van der Waals surface area contributed by atoms with Crippen LogP contribution < -0.4 is 0 Å². The summed E-state index contributed by atoms with van der Waals surface area (Å²) in [6.45, 7) is 7.98. The number of nitrogens with one attached hydrogen (secondary N) is 1. The van der Waals surface area contributed by atoms with E-state index in [9.17, 15) is 13.7 Å². The molecule has 0 spiro atoms. The van der Waals surface area contributed by atoms with Crippen LogP contribution in [0.1, 0.15) is 46.5 Å². The first-order chi connectivity index (χ1) is 16.2. The van der Waals surface area contributed by atoms with Gasteiger partial charge in [-0.25, -0.2) is 17.4 Å². The van der Waals surface area contributed by atoms with Gasteiger partial charge in [-0.3, -0.25) is 0 Å². The third-order valence-electron chi connectivity index (χ3n) is 6.42. The molecule has 2 aromatic heterocycles. The lowest BCUT2D eigenvalue weighted by molar-refractivity contribution is 0.589. The fourth-order valence-electron chi connectivity index (χ4n) is 4.74. The molecular formula is C27H24N4O2S. The molecule has 0 amide bonds. The molecule has 0 aliphatic carbocycles. The zero-order valence-corrected chi connectivity index (χ0v) is 20.2. The smallest absolute Gasteiger partial charge is 0.268 e. The maximum absolute atomic E-state index is 13.5. The summed E-state index contributed by atoms with van der Waals surface area (Å²) in [5, 5.41) is 10.1. The summed E-state index contributed by atoms with van der Waals surface area (Å²) in [6.07, 6.45) is 1.64. The van der Waals surface area contributed by atoms with Crippen LogP contribution in [0.5, 0.6) is 0 Å². The number of imidazole rings is 1. The van der Waals surface area contributed by atoms with E-state index in [1.807, 2.05) is 51.1 Å². The van der Waals surface area contributed by atoms with Gasteiger partial charge < -0.3 is 4.98 Å². The lowest BCUT2D eigenvalue weighted by Crippen LogP contribution is -2.13. The van der Waals surface area contributed by atoms with Crippen molar-refractivity contribution in [3.63, 3.8) is 0 Å². The van der Waals surface area contributed by atoms with Gasteiger partial charge >= 0.3 is 0 Å². The Balaban J connectivity index is 1.68. The number of benzene rings is 3. The molecule has 170 valence electrons. The van der Waals surface area contributed by atoms with Crippen molar-refractivity contribution in [1.29, 1.82) is 5.26 Å². The lowest BCUT2D eigenvalue weighted by Gasteiger charge is -2.17. The van der Waals surface area contributed by atoms with Crippen LogP contribution in [0.15, 0.2) is 65.7 Å². The van der Waals surface area contributed by atoms with Gasteiger partial charge in [0, 0.05) is 17.5 Å². The second-order valence-electron chi connectivity index (χ2n) is 8.80. The number of aromatic nitrogens is 3. The molecule has 0 saturated carbocycles. The van der Waals surface area contributed by atoms with Crippen LogP contribution in [0.3, 0.4) is 0 Å². The standard InChI is InChI=1S/C27H24N4O2S/c1-16-5-8-21(9-6-16)34(32,33)31-12-11-22-25(17(2)13-18(3)26(22)31)19(4)27-29-23-10-7-20(15-28)14-24(23)30-27/h5-14,19H,1-4H3,(H,29,30). The van der Waals surface area contributed by atoms with Crippen molar-refractivity contribution in [2.24, 2.45) is 0 Å². The molecule has 5 rings (SSSR count). The Bertz CT molecular complexity index is 1720. The fourth-order valence-corrected chi connectivity index (χ4v) is 6.15.